The van der Waals surface area contributed by atoms with Crippen LogP contribution in [0.25, 0.3) is 0 Å². The number of hydrogen-bond acceptors (Lipinski definition) is 4. The zero-order valence-corrected chi connectivity index (χ0v) is 13.6. The number of Topliss-reactive ketones (excluding diaryl/α,β-unsaturated/α-hetero) is 1. The van der Waals surface area contributed by atoms with Crippen LogP contribution in [-0.2, 0) is 11.3 Å². The van der Waals surface area contributed by atoms with Gasteiger partial charge in [0.25, 0.3) is 0 Å². The van der Waals surface area contributed by atoms with Gasteiger partial charge < -0.3 is 4.74 Å². The van der Waals surface area contributed by atoms with E-state index in [0.717, 1.165) is 25.7 Å². The Morgan fingerprint density at radius 3 is 2.29 bits per heavy atom. The normalized spacial score (nSPS) is 15.0. The van der Waals surface area contributed by atoms with E-state index in [1.165, 1.54) is 6.42 Å². The molecule has 1 fully saturated rings. The predicted octanol–water partition coefficient (Wildman–Crippen LogP) is 2.74. The maximum atomic E-state index is 12.3. The summed E-state index contributed by atoms with van der Waals surface area (Å²) in [5.41, 5.74) is 1.07. The Morgan fingerprint density at radius 1 is 1.00 bits per heavy atom. The molecule has 1 aliphatic carbocycles. The largest absolute Gasteiger partial charge is 0.459 e. The molecule has 0 atom stereocenters. The second-order valence-corrected chi connectivity index (χ2v) is 6.08. The van der Waals surface area contributed by atoms with Gasteiger partial charge in [-0.05, 0) is 37.8 Å². The molecule has 0 N–H and O–H groups in total. The van der Waals surface area contributed by atoms with Crippen LogP contribution in [0.3, 0.4) is 0 Å². The van der Waals surface area contributed by atoms with E-state index >= 15 is 0 Å². The van der Waals surface area contributed by atoms with Gasteiger partial charge in [-0.15, -0.1) is 0 Å². The second kappa shape index (κ2) is 7.81. The molecular weight excluding hydrogens is 304 g/mol. The van der Waals surface area contributed by atoms with Gasteiger partial charge in [-0.3, -0.25) is 9.78 Å². The van der Waals surface area contributed by atoms with Gasteiger partial charge in [0.15, 0.2) is 12.4 Å². The van der Waals surface area contributed by atoms with Crippen molar-refractivity contribution < 1.29 is 18.9 Å². The lowest BCUT2D eigenvalue weighted by Gasteiger charge is -2.21. The molecule has 124 valence electrons. The van der Waals surface area contributed by atoms with Crippen molar-refractivity contribution in [3.63, 3.8) is 0 Å². The lowest BCUT2D eigenvalue weighted by atomic mass is 9.98. The molecule has 1 aromatic heterocycles. The molecule has 0 spiro atoms. The van der Waals surface area contributed by atoms with E-state index in [1.807, 2.05) is 0 Å². The van der Waals surface area contributed by atoms with Gasteiger partial charge in [-0.25, -0.2) is 4.79 Å². The zero-order chi connectivity index (χ0) is 16.8. The summed E-state index contributed by atoms with van der Waals surface area (Å²) in [6.07, 6.45) is 12.2. The number of esters is 1. The summed E-state index contributed by atoms with van der Waals surface area (Å²) < 4.78 is 7.30. The quantitative estimate of drug-likeness (QED) is 0.482. The predicted molar refractivity (Wildman–Crippen MR) is 87.5 cm³/mol. The van der Waals surface area contributed by atoms with E-state index in [4.69, 9.17) is 4.74 Å². The maximum Gasteiger partial charge on any atom is 0.338 e. The van der Waals surface area contributed by atoms with Gasteiger partial charge in [0.2, 0.25) is 12.3 Å². The molecule has 0 saturated heterocycles. The van der Waals surface area contributed by atoms with E-state index < -0.39 is 0 Å². The summed E-state index contributed by atoms with van der Waals surface area (Å²) in [5.74, 6) is -0.317. The molecular formula is C19H21N2O3+. The smallest absolute Gasteiger partial charge is 0.338 e. The molecule has 1 aliphatic rings. The van der Waals surface area contributed by atoms with Crippen LogP contribution in [0, 0.1) is 0 Å². The van der Waals surface area contributed by atoms with Gasteiger partial charge in [-0.1, -0.05) is 18.6 Å². The van der Waals surface area contributed by atoms with Crippen LogP contribution in [0.2, 0.25) is 0 Å². The molecule has 2 aromatic rings. The summed E-state index contributed by atoms with van der Waals surface area (Å²) in [7, 11) is 0. The summed E-state index contributed by atoms with van der Waals surface area (Å²) in [5, 5.41) is 0. The van der Waals surface area contributed by atoms with Crippen molar-refractivity contribution in [2.45, 2.75) is 44.8 Å². The number of benzene rings is 1. The Bertz CT molecular complexity index is 692. The Balaban J connectivity index is 1.60. The molecule has 5 nitrogen and oxygen atoms in total. The topological polar surface area (TPSA) is 60.1 Å². The fourth-order valence-electron chi connectivity index (χ4n) is 2.90. The van der Waals surface area contributed by atoms with Crippen LogP contribution in [0.4, 0.5) is 0 Å². The van der Waals surface area contributed by atoms with Crippen LogP contribution >= 0.6 is 0 Å². The third-order valence-corrected chi connectivity index (χ3v) is 4.28. The first-order valence-electron chi connectivity index (χ1n) is 8.36. The molecule has 3 rings (SSSR count). The van der Waals surface area contributed by atoms with Crippen molar-refractivity contribution >= 4 is 11.8 Å². The van der Waals surface area contributed by atoms with Gasteiger partial charge in [0, 0.05) is 5.56 Å². The minimum Gasteiger partial charge on any atom is -0.459 e. The van der Waals surface area contributed by atoms with Crippen molar-refractivity contribution in [1.82, 2.24) is 4.98 Å². The highest BCUT2D eigenvalue weighted by molar-refractivity contribution is 5.96. The molecule has 24 heavy (non-hydrogen) atoms. The van der Waals surface area contributed by atoms with E-state index in [1.54, 1.807) is 53.6 Å². The average Bonchev–Trinajstić information content (AvgIpc) is 2.63. The van der Waals surface area contributed by atoms with Crippen molar-refractivity contribution in [3.8, 4) is 0 Å². The third kappa shape index (κ3) is 4.25. The zero-order valence-electron chi connectivity index (χ0n) is 13.6. The number of hydrogen-bond donors (Lipinski definition) is 0. The summed E-state index contributed by atoms with van der Waals surface area (Å²) >= 11 is 0. The van der Waals surface area contributed by atoms with Gasteiger partial charge in [0.1, 0.15) is 6.10 Å². The first kappa shape index (κ1) is 16.3. The Morgan fingerprint density at radius 2 is 1.62 bits per heavy atom. The fourth-order valence-corrected chi connectivity index (χ4v) is 2.90. The number of nitrogens with zero attached hydrogens (tertiary/aromatic N) is 2. The minimum atomic E-state index is -0.301. The molecule has 0 amide bonds. The van der Waals surface area contributed by atoms with E-state index in [0.29, 0.717) is 11.1 Å². The molecule has 0 aliphatic heterocycles. The highest BCUT2D eigenvalue weighted by atomic mass is 16.5. The number of ketones is 1. The van der Waals surface area contributed by atoms with Crippen molar-refractivity contribution in [1.29, 1.82) is 0 Å². The van der Waals surface area contributed by atoms with Crippen molar-refractivity contribution in [2.75, 3.05) is 0 Å². The Kier molecular flexibility index (Phi) is 5.31. The Hall–Kier alpha value is -2.56. The number of ether oxygens (including phenoxy) is 1. The van der Waals surface area contributed by atoms with E-state index in [2.05, 4.69) is 4.98 Å². The second-order valence-electron chi connectivity index (χ2n) is 6.08. The lowest BCUT2D eigenvalue weighted by molar-refractivity contribution is -0.683. The number of rotatable bonds is 5. The van der Waals surface area contributed by atoms with Gasteiger partial charge in [-0.2, -0.15) is 4.57 Å². The highest BCUT2D eigenvalue weighted by Crippen LogP contribution is 2.21. The number of carbonyl (C=O) groups excluding carboxylic acids is 2. The van der Waals surface area contributed by atoms with Crippen LogP contribution in [0.15, 0.2) is 49.1 Å². The first-order valence-corrected chi connectivity index (χ1v) is 8.36. The molecule has 1 aromatic carbocycles. The van der Waals surface area contributed by atoms with Crippen LogP contribution in [0.1, 0.15) is 52.8 Å². The van der Waals surface area contributed by atoms with Gasteiger partial charge in [0.05, 0.1) is 18.0 Å². The third-order valence-electron chi connectivity index (χ3n) is 4.28. The van der Waals surface area contributed by atoms with E-state index in [-0.39, 0.29) is 24.4 Å². The average molecular weight is 325 g/mol. The summed E-state index contributed by atoms with van der Waals surface area (Å²) in [6.45, 7) is 0.244. The van der Waals surface area contributed by atoms with Crippen LogP contribution in [0.5, 0.6) is 0 Å². The Labute approximate surface area is 141 Å². The standard InChI is InChI=1S/C19H21N2O3/c22-18(14-21-12-10-20-11-13-21)15-6-8-16(9-7-15)19(23)24-17-4-2-1-3-5-17/h6-13,17H,1-5,14H2/q+1. The minimum absolute atomic E-state index is 0.0154. The summed E-state index contributed by atoms with van der Waals surface area (Å²) in [4.78, 5) is 28.3. The maximum absolute atomic E-state index is 12.3. The SMILES string of the molecule is O=C(C[n+]1ccncc1)c1ccc(C(=O)OC2CCCCC2)cc1. The monoisotopic (exact) mass is 325 g/mol. The number of aromatic nitrogens is 2. The molecule has 0 bridgehead atoms. The van der Waals surface area contributed by atoms with E-state index in [9.17, 15) is 9.59 Å². The van der Waals surface area contributed by atoms with Crippen molar-refractivity contribution in [3.05, 3.63) is 60.2 Å². The summed E-state index contributed by atoms with van der Waals surface area (Å²) in [6, 6.07) is 6.69. The molecule has 1 heterocycles. The molecule has 0 unspecified atom stereocenters. The van der Waals surface area contributed by atoms with Gasteiger partial charge >= 0.3 is 5.97 Å². The number of carbonyl (C=O) groups is 2. The van der Waals surface area contributed by atoms with Crippen LogP contribution in [-0.4, -0.2) is 22.8 Å². The molecule has 5 heteroatoms. The highest BCUT2D eigenvalue weighted by Gasteiger charge is 2.19. The molecule has 1 saturated carbocycles. The fraction of sp³-hybridized carbons (Fsp3) is 0.368. The molecule has 0 radical (unpaired) electrons. The first-order chi connectivity index (χ1) is 11.7. The van der Waals surface area contributed by atoms with Crippen molar-refractivity contribution in [2.24, 2.45) is 0 Å². The lowest BCUT2D eigenvalue weighted by Crippen LogP contribution is -2.37. The van der Waals surface area contributed by atoms with Crippen LogP contribution < -0.4 is 4.57 Å².